The van der Waals surface area contributed by atoms with Crippen LogP contribution in [0.15, 0.2) is 12.7 Å². The van der Waals surface area contributed by atoms with Crippen molar-refractivity contribution in [3.05, 3.63) is 12.7 Å². The van der Waals surface area contributed by atoms with Gasteiger partial charge < -0.3 is 0 Å². The van der Waals surface area contributed by atoms with E-state index >= 15 is 0 Å². The van der Waals surface area contributed by atoms with Crippen molar-refractivity contribution in [3.63, 3.8) is 0 Å². The molecule has 0 aromatic heterocycles. The van der Waals surface area contributed by atoms with E-state index in [4.69, 9.17) is 0 Å². The van der Waals surface area contributed by atoms with Crippen LogP contribution in [0, 0.1) is 0 Å². The zero-order valence-electron chi connectivity index (χ0n) is 5.79. The summed E-state index contributed by atoms with van der Waals surface area (Å²) in [5.74, 6) is -7.45. The summed E-state index contributed by atoms with van der Waals surface area (Å²) in [5.41, 5.74) is 0. The summed E-state index contributed by atoms with van der Waals surface area (Å²) < 4.78 is 58.2. The van der Waals surface area contributed by atoms with Gasteiger partial charge in [0.25, 0.3) is 0 Å². The highest BCUT2D eigenvalue weighted by atomic mass is 19.4. The van der Waals surface area contributed by atoms with Gasteiger partial charge in [-0.25, -0.2) is 0 Å². The fourth-order valence-electron chi connectivity index (χ4n) is 0.417. The van der Waals surface area contributed by atoms with E-state index in [1.807, 2.05) is 0 Å². The molecule has 12 heavy (non-hydrogen) atoms. The molecule has 0 heterocycles. The number of carbonyl (C=O) groups excluding carboxylic acids is 1. The topological polar surface area (TPSA) is 17.1 Å². The smallest absolute Gasteiger partial charge is 0.292 e. The molecule has 0 spiro atoms. The second-order valence-electron chi connectivity index (χ2n) is 1.99. The Balaban J connectivity index is 4.61. The van der Waals surface area contributed by atoms with E-state index in [-0.39, 0.29) is 0 Å². The summed E-state index contributed by atoms with van der Waals surface area (Å²) in [6, 6.07) is 0. The van der Waals surface area contributed by atoms with Gasteiger partial charge in [-0.2, -0.15) is 22.0 Å². The predicted molar refractivity (Wildman–Crippen MR) is 30.8 cm³/mol. The van der Waals surface area contributed by atoms with E-state index in [0.717, 1.165) is 0 Å². The molecule has 0 radical (unpaired) electrons. The molecule has 0 atom stereocenters. The number of hydrogen-bond acceptors (Lipinski definition) is 1. The van der Waals surface area contributed by atoms with E-state index in [0.29, 0.717) is 6.08 Å². The van der Waals surface area contributed by atoms with Gasteiger partial charge in [0.1, 0.15) is 0 Å². The quantitative estimate of drug-likeness (QED) is 0.490. The lowest BCUT2D eigenvalue weighted by Gasteiger charge is -2.16. The first-order chi connectivity index (χ1) is 5.23. The Morgan fingerprint density at radius 2 is 1.67 bits per heavy atom. The van der Waals surface area contributed by atoms with Crippen molar-refractivity contribution >= 4 is 5.78 Å². The lowest BCUT2D eigenvalue weighted by atomic mass is 10.1. The van der Waals surface area contributed by atoms with Crippen molar-refractivity contribution in [2.75, 3.05) is 0 Å². The Bertz CT molecular complexity index is 193. The van der Waals surface area contributed by atoms with Crippen molar-refractivity contribution < 1.29 is 26.7 Å². The number of Topliss-reactive ketones (excluding diaryl/α,β-unsaturated/α-hetero) is 1. The molecule has 0 saturated heterocycles. The maximum atomic E-state index is 12.0. The number of rotatable bonds is 3. The van der Waals surface area contributed by atoms with Crippen molar-refractivity contribution in [3.8, 4) is 0 Å². The van der Waals surface area contributed by atoms with Crippen molar-refractivity contribution in [2.45, 2.75) is 18.5 Å². The minimum atomic E-state index is -5.81. The van der Waals surface area contributed by atoms with Gasteiger partial charge in [-0.1, -0.05) is 6.08 Å². The van der Waals surface area contributed by atoms with Crippen molar-refractivity contribution in [1.29, 1.82) is 0 Å². The largest absolute Gasteiger partial charge is 0.461 e. The van der Waals surface area contributed by atoms with Gasteiger partial charge in [-0.3, -0.25) is 4.79 Å². The van der Waals surface area contributed by atoms with Gasteiger partial charge in [0.15, 0.2) is 0 Å². The number of allylic oxidation sites excluding steroid dienone is 1. The normalized spacial score (nSPS) is 12.8. The van der Waals surface area contributed by atoms with E-state index in [2.05, 4.69) is 6.58 Å². The predicted octanol–water partition coefficient (Wildman–Crippen LogP) is 2.33. The van der Waals surface area contributed by atoms with Gasteiger partial charge in [0, 0.05) is 6.42 Å². The summed E-state index contributed by atoms with van der Waals surface area (Å²) in [7, 11) is 0. The van der Waals surface area contributed by atoms with Gasteiger partial charge >= 0.3 is 12.1 Å². The molecular formula is C6H5F5O. The van der Waals surface area contributed by atoms with Gasteiger partial charge in [0.05, 0.1) is 0 Å². The zero-order chi connectivity index (χ0) is 9.99. The lowest BCUT2D eigenvalue weighted by molar-refractivity contribution is -0.268. The van der Waals surface area contributed by atoms with Crippen LogP contribution >= 0.6 is 0 Å². The number of alkyl halides is 5. The molecular weight excluding hydrogens is 183 g/mol. The molecule has 70 valence electrons. The lowest BCUT2D eigenvalue weighted by Crippen LogP contribution is -2.43. The Labute approximate surface area is 64.9 Å². The highest BCUT2D eigenvalue weighted by Gasteiger charge is 2.62. The van der Waals surface area contributed by atoms with Crippen LogP contribution in [-0.4, -0.2) is 17.9 Å². The molecule has 0 fully saturated rings. The molecule has 0 unspecified atom stereocenters. The maximum absolute atomic E-state index is 12.0. The van der Waals surface area contributed by atoms with Crippen LogP contribution in [0.2, 0.25) is 0 Å². The molecule has 0 aliphatic carbocycles. The summed E-state index contributed by atoms with van der Waals surface area (Å²) >= 11 is 0. The first-order valence-corrected chi connectivity index (χ1v) is 2.82. The van der Waals surface area contributed by atoms with Crippen molar-refractivity contribution in [1.82, 2.24) is 0 Å². The highest BCUT2D eigenvalue weighted by molar-refractivity contribution is 5.87. The monoisotopic (exact) mass is 188 g/mol. The first kappa shape index (κ1) is 11.1. The third kappa shape index (κ3) is 2.02. The number of halogens is 5. The SMILES string of the molecule is C=CCC(=O)C(F)(F)C(F)(F)F. The van der Waals surface area contributed by atoms with E-state index in [1.165, 1.54) is 0 Å². The molecule has 0 amide bonds. The summed E-state index contributed by atoms with van der Waals surface area (Å²) in [5, 5.41) is 0. The molecule has 0 bridgehead atoms. The minimum absolute atomic E-state index is 0.696. The van der Waals surface area contributed by atoms with Crippen LogP contribution in [0.5, 0.6) is 0 Å². The summed E-state index contributed by atoms with van der Waals surface area (Å²) in [6.45, 7) is 2.87. The Morgan fingerprint density at radius 3 is 1.92 bits per heavy atom. The fraction of sp³-hybridized carbons (Fsp3) is 0.500. The maximum Gasteiger partial charge on any atom is 0.461 e. The molecule has 0 aromatic rings. The number of ketones is 1. The Hall–Kier alpha value is -0.940. The average Bonchev–Trinajstić information content (AvgIpc) is 1.85. The summed E-state index contributed by atoms with van der Waals surface area (Å²) in [4.78, 5) is 10.2. The molecule has 1 nitrogen and oxygen atoms in total. The van der Waals surface area contributed by atoms with Crippen LogP contribution in [0.25, 0.3) is 0 Å². The van der Waals surface area contributed by atoms with Gasteiger partial charge in [-0.05, 0) is 0 Å². The summed E-state index contributed by atoms with van der Waals surface area (Å²) in [6.07, 6.45) is -6.11. The van der Waals surface area contributed by atoms with Crippen LogP contribution in [-0.2, 0) is 4.79 Å². The van der Waals surface area contributed by atoms with Crippen LogP contribution in [0.4, 0.5) is 22.0 Å². The second kappa shape index (κ2) is 3.20. The molecule has 0 saturated carbocycles. The Morgan fingerprint density at radius 1 is 1.25 bits per heavy atom. The molecule has 0 aliphatic heterocycles. The molecule has 0 aliphatic rings. The standard InChI is InChI=1S/C6H5F5O/c1-2-3-4(12)5(7,8)6(9,10)11/h2H,1,3H2. The fourth-order valence-corrected chi connectivity index (χ4v) is 0.417. The molecule has 0 rings (SSSR count). The second-order valence-corrected chi connectivity index (χ2v) is 1.99. The van der Waals surface area contributed by atoms with Crippen LogP contribution in [0.1, 0.15) is 6.42 Å². The van der Waals surface area contributed by atoms with E-state index in [9.17, 15) is 26.7 Å². The van der Waals surface area contributed by atoms with Crippen LogP contribution < -0.4 is 0 Å². The molecule has 6 heteroatoms. The van der Waals surface area contributed by atoms with Gasteiger partial charge in [-0.15, -0.1) is 6.58 Å². The Kier molecular flexibility index (Phi) is 2.95. The van der Waals surface area contributed by atoms with Gasteiger partial charge in [0.2, 0.25) is 5.78 Å². The number of carbonyl (C=O) groups is 1. The average molecular weight is 188 g/mol. The molecule has 0 N–H and O–H groups in total. The number of hydrogen-bond donors (Lipinski definition) is 0. The minimum Gasteiger partial charge on any atom is -0.292 e. The highest BCUT2D eigenvalue weighted by Crippen LogP contribution is 2.36. The third-order valence-electron chi connectivity index (χ3n) is 1.04. The van der Waals surface area contributed by atoms with E-state index < -0.39 is 24.3 Å². The van der Waals surface area contributed by atoms with Crippen molar-refractivity contribution in [2.24, 2.45) is 0 Å². The van der Waals surface area contributed by atoms with Crippen LogP contribution in [0.3, 0.4) is 0 Å². The molecule has 0 aromatic carbocycles. The van der Waals surface area contributed by atoms with E-state index in [1.54, 1.807) is 0 Å². The first-order valence-electron chi connectivity index (χ1n) is 2.82. The third-order valence-corrected chi connectivity index (χ3v) is 1.04. The zero-order valence-corrected chi connectivity index (χ0v) is 5.79.